The van der Waals surface area contributed by atoms with Gasteiger partial charge in [-0.05, 0) is 49.4 Å². The summed E-state index contributed by atoms with van der Waals surface area (Å²) in [6.07, 6.45) is 4.50. The molecule has 2 atom stereocenters. The number of rotatable bonds is 3. The maximum absolute atomic E-state index is 12.4. The average Bonchev–Trinajstić information content (AvgIpc) is 2.97. The van der Waals surface area contributed by atoms with Gasteiger partial charge in [0.05, 0.1) is 17.6 Å². The lowest BCUT2D eigenvalue weighted by Crippen LogP contribution is -2.55. The Morgan fingerprint density at radius 1 is 1.32 bits per heavy atom. The quantitative estimate of drug-likeness (QED) is 0.799. The summed E-state index contributed by atoms with van der Waals surface area (Å²) >= 11 is 0. The van der Waals surface area contributed by atoms with E-state index in [1.165, 1.54) is 0 Å². The second-order valence-electron chi connectivity index (χ2n) is 6.62. The maximum Gasteiger partial charge on any atom is 0.319 e. The zero-order valence-electron chi connectivity index (χ0n) is 14.7. The molecule has 2 heterocycles. The summed E-state index contributed by atoms with van der Waals surface area (Å²) in [6, 6.07) is 4.84. The van der Waals surface area contributed by atoms with Crippen LogP contribution in [0.15, 0.2) is 30.6 Å². The molecule has 25 heavy (non-hydrogen) atoms. The van der Waals surface area contributed by atoms with Gasteiger partial charge >= 0.3 is 6.03 Å². The SMILES string of the molecule is Cc1ccc(-n2cc(C)cn2)c(NC(=O)N[C@@H]2C(=O)NCC[C@@H]2C)c1. The molecule has 1 fully saturated rings. The first-order valence-electron chi connectivity index (χ1n) is 8.41. The molecule has 132 valence electrons. The van der Waals surface area contributed by atoms with Crippen LogP contribution in [0.5, 0.6) is 0 Å². The van der Waals surface area contributed by atoms with Crippen LogP contribution >= 0.6 is 0 Å². The number of anilines is 1. The highest BCUT2D eigenvalue weighted by Crippen LogP contribution is 2.22. The number of hydrogen-bond donors (Lipinski definition) is 3. The van der Waals surface area contributed by atoms with Crippen LogP contribution in [0.1, 0.15) is 24.5 Å². The average molecular weight is 341 g/mol. The van der Waals surface area contributed by atoms with Gasteiger partial charge in [0, 0.05) is 12.7 Å². The Hall–Kier alpha value is -2.83. The van der Waals surface area contributed by atoms with Crippen LogP contribution < -0.4 is 16.0 Å². The standard InChI is InChI=1S/C18H23N5O2/c1-11-4-5-15(23-10-12(2)9-20-23)14(8-11)21-18(25)22-16-13(3)6-7-19-17(16)24/h4-5,8-10,13,16H,6-7H2,1-3H3,(H,19,24)(H2,21,22,25)/t13-,16-/m0/s1. The summed E-state index contributed by atoms with van der Waals surface area (Å²) in [6.45, 7) is 6.53. The summed E-state index contributed by atoms with van der Waals surface area (Å²) in [5.41, 5.74) is 3.47. The molecule has 7 heteroatoms. The lowest BCUT2D eigenvalue weighted by Gasteiger charge is -2.29. The number of piperidine rings is 1. The van der Waals surface area contributed by atoms with Crippen LogP contribution in [0.25, 0.3) is 5.69 Å². The number of benzene rings is 1. The van der Waals surface area contributed by atoms with E-state index in [1.807, 2.05) is 45.2 Å². The van der Waals surface area contributed by atoms with Crippen molar-refractivity contribution in [2.45, 2.75) is 33.2 Å². The first-order valence-corrected chi connectivity index (χ1v) is 8.41. The third kappa shape index (κ3) is 3.81. The number of carbonyl (C=O) groups excluding carboxylic acids is 2. The predicted molar refractivity (Wildman–Crippen MR) is 95.8 cm³/mol. The molecule has 0 radical (unpaired) electrons. The Labute approximate surface area is 146 Å². The minimum Gasteiger partial charge on any atom is -0.354 e. The molecule has 0 spiro atoms. The minimum atomic E-state index is -0.519. The van der Waals surface area contributed by atoms with Crippen molar-refractivity contribution in [1.29, 1.82) is 0 Å². The second kappa shape index (κ2) is 6.96. The number of hydrogen-bond acceptors (Lipinski definition) is 3. The highest BCUT2D eigenvalue weighted by atomic mass is 16.2. The summed E-state index contributed by atoms with van der Waals surface area (Å²) in [5.74, 6) is -0.0358. The number of carbonyl (C=O) groups is 2. The maximum atomic E-state index is 12.4. The van der Waals surface area contributed by atoms with E-state index in [4.69, 9.17) is 0 Å². The summed E-state index contributed by atoms with van der Waals surface area (Å²) < 4.78 is 1.72. The van der Waals surface area contributed by atoms with Crippen molar-refractivity contribution in [2.24, 2.45) is 5.92 Å². The van der Waals surface area contributed by atoms with Crippen LogP contribution in [0.4, 0.5) is 10.5 Å². The zero-order valence-corrected chi connectivity index (χ0v) is 14.7. The van der Waals surface area contributed by atoms with E-state index < -0.39 is 12.1 Å². The van der Waals surface area contributed by atoms with Crippen LogP contribution in [0, 0.1) is 19.8 Å². The van der Waals surface area contributed by atoms with Crippen molar-refractivity contribution in [2.75, 3.05) is 11.9 Å². The molecule has 0 bridgehead atoms. The fourth-order valence-corrected chi connectivity index (χ4v) is 2.96. The van der Waals surface area contributed by atoms with Crippen LogP contribution in [0.2, 0.25) is 0 Å². The normalized spacial score (nSPS) is 20.0. The number of amides is 3. The molecule has 0 saturated carbocycles. The Kier molecular flexibility index (Phi) is 4.74. The van der Waals surface area contributed by atoms with E-state index in [-0.39, 0.29) is 11.8 Å². The topological polar surface area (TPSA) is 88.1 Å². The third-order valence-electron chi connectivity index (χ3n) is 4.40. The molecule has 3 N–H and O–H groups in total. The monoisotopic (exact) mass is 341 g/mol. The van der Waals surface area contributed by atoms with Gasteiger partial charge in [-0.1, -0.05) is 13.0 Å². The smallest absolute Gasteiger partial charge is 0.319 e. The molecule has 2 aromatic rings. The summed E-state index contributed by atoms with van der Waals surface area (Å²) in [5, 5.41) is 12.7. The number of urea groups is 1. The van der Waals surface area contributed by atoms with E-state index in [1.54, 1.807) is 10.9 Å². The van der Waals surface area contributed by atoms with Crippen molar-refractivity contribution in [3.63, 3.8) is 0 Å². The molecular weight excluding hydrogens is 318 g/mol. The zero-order chi connectivity index (χ0) is 18.0. The summed E-state index contributed by atoms with van der Waals surface area (Å²) in [4.78, 5) is 24.4. The number of aryl methyl sites for hydroxylation is 2. The molecule has 1 aliphatic heterocycles. The van der Waals surface area contributed by atoms with Gasteiger partial charge in [0.1, 0.15) is 6.04 Å². The van der Waals surface area contributed by atoms with E-state index in [9.17, 15) is 9.59 Å². The molecular formula is C18H23N5O2. The van der Waals surface area contributed by atoms with Crippen LogP contribution in [-0.2, 0) is 4.79 Å². The van der Waals surface area contributed by atoms with E-state index in [2.05, 4.69) is 21.0 Å². The molecule has 1 aromatic heterocycles. The van der Waals surface area contributed by atoms with Gasteiger partial charge in [-0.15, -0.1) is 0 Å². The molecule has 3 rings (SSSR count). The van der Waals surface area contributed by atoms with Gasteiger partial charge < -0.3 is 16.0 Å². The molecule has 0 unspecified atom stereocenters. The fourth-order valence-electron chi connectivity index (χ4n) is 2.96. The second-order valence-corrected chi connectivity index (χ2v) is 6.62. The van der Waals surface area contributed by atoms with Crippen LogP contribution in [0.3, 0.4) is 0 Å². The molecule has 0 aliphatic carbocycles. The first-order chi connectivity index (χ1) is 11.9. The lowest BCUT2D eigenvalue weighted by molar-refractivity contribution is -0.125. The first kappa shape index (κ1) is 17.0. The van der Waals surface area contributed by atoms with E-state index >= 15 is 0 Å². The summed E-state index contributed by atoms with van der Waals surface area (Å²) in [7, 11) is 0. The number of nitrogens with one attached hydrogen (secondary N) is 3. The number of nitrogens with zero attached hydrogens (tertiary/aromatic N) is 2. The van der Waals surface area contributed by atoms with E-state index in [0.717, 1.165) is 23.2 Å². The molecule has 1 saturated heterocycles. The number of aromatic nitrogens is 2. The van der Waals surface area contributed by atoms with Gasteiger partial charge in [0.25, 0.3) is 0 Å². The third-order valence-corrected chi connectivity index (χ3v) is 4.40. The highest BCUT2D eigenvalue weighted by molar-refractivity contribution is 5.95. The highest BCUT2D eigenvalue weighted by Gasteiger charge is 2.30. The van der Waals surface area contributed by atoms with Gasteiger partial charge in [-0.3, -0.25) is 4.79 Å². The molecule has 3 amide bonds. The minimum absolute atomic E-state index is 0.102. The largest absolute Gasteiger partial charge is 0.354 e. The van der Waals surface area contributed by atoms with Crippen molar-refractivity contribution >= 4 is 17.6 Å². The molecule has 7 nitrogen and oxygen atoms in total. The van der Waals surface area contributed by atoms with E-state index in [0.29, 0.717) is 12.2 Å². The Bertz CT molecular complexity index is 799. The molecule has 1 aliphatic rings. The Morgan fingerprint density at radius 2 is 2.12 bits per heavy atom. The lowest BCUT2D eigenvalue weighted by atomic mass is 9.94. The van der Waals surface area contributed by atoms with Gasteiger partial charge in [-0.2, -0.15) is 5.10 Å². The Morgan fingerprint density at radius 3 is 2.80 bits per heavy atom. The fraction of sp³-hybridized carbons (Fsp3) is 0.389. The van der Waals surface area contributed by atoms with Gasteiger partial charge in [0.15, 0.2) is 0 Å². The predicted octanol–water partition coefficient (Wildman–Crippen LogP) is 2.14. The van der Waals surface area contributed by atoms with Crippen molar-refractivity contribution in [1.82, 2.24) is 20.4 Å². The van der Waals surface area contributed by atoms with Crippen molar-refractivity contribution < 1.29 is 9.59 Å². The van der Waals surface area contributed by atoms with Crippen LogP contribution in [-0.4, -0.2) is 34.3 Å². The molecule has 1 aromatic carbocycles. The Balaban J connectivity index is 1.79. The van der Waals surface area contributed by atoms with Gasteiger partial charge in [-0.25, -0.2) is 9.48 Å². The van der Waals surface area contributed by atoms with Gasteiger partial charge in [0.2, 0.25) is 5.91 Å². The van der Waals surface area contributed by atoms with Crippen molar-refractivity contribution in [3.8, 4) is 5.69 Å². The van der Waals surface area contributed by atoms with Crippen molar-refractivity contribution in [3.05, 3.63) is 41.7 Å².